The fourth-order valence-electron chi connectivity index (χ4n) is 1.21. The molecule has 1 N–H and O–H groups in total. The van der Waals surface area contributed by atoms with E-state index in [2.05, 4.69) is 0 Å². The number of hydrogen-bond acceptors (Lipinski definition) is 4. The quantitative estimate of drug-likeness (QED) is 0.704. The van der Waals surface area contributed by atoms with E-state index >= 15 is 0 Å². The number of carboxylic acids is 1. The van der Waals surface area contributed by atoms with Crippen molar-refractivity contribution in [2.45, 2.75) is 6.42 Å². The number of hydrogen-bond donors (Lipinski definition) is 1. The summed E-state index contributed by atoms with van der Waals surface area (Å²) >= 11 is 1.47. The van der Waals surface area contributed by atoms with Crippen molar-refractivity contribution in [1.82, 2.24) is 9.80 Å². The van der Waals surface area contributed by atoms with Crippen LogP contribution < -0.4 is 0 Å². The average molecular weight is 246 g/mol. The number of carboxylic acid groups (broad SMARTS) is 1. The summed E-state index contributed by atoms with van der Waals surface area (Å²) in [7, 11) is 1.54. The molecule has 1 aliphatic rings. The molecule has 2 amide bonds. The summed E-state index contributed by atoms with van der Waals surface area (Å²) in [5.74, 6) is -0.238. The minimum atomic E-state index is -0.938. The van der Waals surface area contributed by atoms with Crippen LogP contribution in [-0.2, 0) is 14.4 Å². The Bertz CT molecular complexity index is 308. The van der Waals surface area contributed by atoms with E-state index in [-0.39, 0.29) is 31.3 Å². The van der Waals surface area contributed by atoms with E-state index in [1.807, 2.05) is 0 Å². The van der Waals surface area contributed by atoms with Gasteiger partial charge in [-0.3, -0.25) is 14.4 Å². The topological polar surface area (TPSA) is 77.9 Å². The predicted octanol–water partition coefficient (Wildman–Crippen LogP) is -0.548. The minimum Gasteiger partial charge on any atom is -0.481 e. The van der Waals surface area contributed by atoms with E-state index in [1.165, 1.54) is 21.6 Å². The number of aliphatic carboxylic acids is 1. The lowest BCUT2D eigenvalue weighted by Crippen LogP contribution is -2.39. The molecule has 0 radical (unpaired) electrons. The van der Waals surface area contributed by atoms with Crippen LogP contribution in [-0.4, -0.2) is 64.5 Å². The summed E-state index contributed by atoms with van der Waals surface area (Å²) in [5, 5.41) is 8.46. The third-order valence-corrected chi connectivity index (χ3v) is 3.18. The third-order valence-electron chi connectivity index (χ3n) is 2.24. The molecule has 0 aromatic heterocycles. The molecule has 0 aliphatic carbocycles. The maximum atomic E-state index is 11.6. The molecular weight excluding hydrogens is 232 g/mol. The van der Waals surface area contributed by atoms with Crippen LogP contribution in [0.3, 0.4) is 0 Å². The number of nitrogens with zero attached hydrogens (tertiary/aromatic N) is 2. The maximum Gasteiger partial charge on any atom is 0.305 e. The van der Waals surface area contributed by atoms with E-state index in [1.54, 1.807) is 7.05 Å². The number of carbonyl (C=O) groups excluding carboxylic acids is 2. The van der Waals surface area contributed by atoms with E-state index in [4.69, 9.17) is 5.11 Å². The molecular formula is C9H14N2O4S. The highest BCUT2D eigenvalue weighted by Gasteiger charge is 2.24. The smallest absolute Gasteiger partial charge is 0.305 e. The third kappa shape index (κ3) is 3.73. The average Bonchev–Trinajstić information content (AvgIpc) is 2.60. The van der Waals surface area contributed by atoms with E-state index in [9.17, 15) is 14.4 Å². The van der Waals surface area contributed by atoms with Crippen molar-refractivity contribution >= 4 is 29.5 Å². The summed E-state index contributed by atoms with van der Waals surface area (Å²) in [6, 6.07) is 0. The fraction of sp³-hybridized carbons (Fsp3) is 0.667. The van der Waals surface area contributed by atoms with Gasteiger partial charge >= 0.3 is 5.97 Å². The van der Waals surface area contributed by atoms with Gasteiger partial charge in [-0.2, -0.15) is 0 Å². The summed E-state index contributed by atoms with van der Waals surface area (Å²) in [6.07, 6.45) is -0.0784. The first-order valence-corrected chi connectivity index (χ1v) is 5.97. The normalized spacial score (nSPS) is 15.3. The van der Waals surface area contributed by atoms with Crippen LogP contribution in [0.25, 0.3) is 0 Å². The Labute approximate surface area is 97.6 Å². The summed E-state index contributed by atoms with van der Waals surface area (Å²) < 4.78 is 0. The highest BCUT2D eigenvalue weighted by atomic mass is 32.2. The number of rotatable bonds is 5. The lowest BCUT2D eigenvalue weighted by Gasteiger charge is -2.20. The van der Waals surface area contributed by atoms with Crippen molar-refractivity contribution in [3.05, 3.63) is 0 Å². The molecule has 0 unspecified atom stereocenters. The van der Waals surface area contributed by atoms with Gasteiger partial charge in [-0.15, -0.1) is 11.8 Å². The molecule has 1 aliphatic heterocycles. The molecule has 1 saturated heterocycles. The van der Waals surface area contributed by atoms with Crippen LogP contribution in [0.2, 0.25) is 0 Å². The number of likely N-dealkylation sites (N-methyl/N-ethyl adjacent to an activating group) is 1. The Balaban J connectivity index is 2.33. The zero-order valence-corrected chi connectivity index (χ0v) is 9.83. The summed E-state index contributed by atoms with van der Waals surface area (Å²) in [5.41, 5.74) is 0. The van der Waals surface area contributed by atoms with Crippen molar-refractivity contribution in [2.24, 2.45) is 0 Å². The van der Waals surface area contributed by atoms with Gasteiger partial charge in [0.05, 0.1) is 18.1 Å². The molecule has 0 aromatic rings. The number of carbonyl (C=O) groups is 3. The monoisotopic (exact) mass is 246 g/mol. The van der Waals surface area contributed by atoms with Crippen molar-refractivity contribution in [3.63, 3.8) is 0 Å². The molecule has 0 aromatic carbocycles. The molecule has 90 valence electrons. The largest absolute Gasteiger partial charge is 0.481 e. The number of thioether (sulfide) groups is 1. The minimum absolute atomic E-state index is 0.0371. The second-order valence-electron chi connectivity index (χ2n) is 3.53. The molecule has 1 fully saturated rings. The number of amides is 2. The first-order valence-electron chi connectivity index (χ1n) is 4.82. The standard InChI is InChI=1S/C9H14N2O4S/c1-10(3-2-9(14)15)7(12)4-11-6-16-5-8(11)13/h2-6H2,1H3,(H,14,15). The predicted molar refractivity (Wildman–Crippen MR) is 58.9 cm³/mol. The Hall–Kier alpha value is -1.24. The first-order chi connectivity index (χ1) is 7.50. The van der Waals surface area contributed by atoms with Gasteiger partial charge in [-0.05, 0) is 0 Å². The van der Waals surface area contributed by atoms with Gasteiger partial charge in [0.15, 0.2) is 0 Å². The van der Waals surface area contributed by atoms with Gasteiger partial charge in [0.25, 0.3) is 0 Å². The van der Waals surface area contributed by atoms with Gasteiger partial charge in [0.2, 0.25) is 11.8 Å². The lowest BCUT2D eigenvalue weighted by atomic mass is 10.4. The van der Waals surface area contributed by atoms with Gasteiger partial charge in [0.1, 0.15) is 6.54 Å². The van der Waals surface area contributed by atoms with E-state index in [0.29, 0.717) is 11.6 Å². The summed E-state index contributed by atoms with van der Waals surface area (Å²) in [6.45, 7) is 0.214. The second kappa shape index (κ2) is 5.74. The zero-order valence-electron chi connectivity index (χ0n) is 9.01. The Morgan fingerprint density at radius 2 is 2.25 bits per heavy atom. The lowest BCUT2D eigenvalue weighted by molar-refractivity contribution is -0.140. The molecule has 0 spiro atoms. The molecule has 0 atom stereocenters. The Morgan fingerprint density at radius 1 is 1.56 bits per heavy atom. The molecule has 0 saturated carbocycles. The van der Waals surface area contributed by atoms with Crippen LogP contribution in [0.15, 0.2) is 0 Å². The molecule has 0 bridgehead atoms. The molecule has 1 rings (SSSR count). The van der Waals surface area contributed by atoms with Crippen molar-refractivity contribution in [1.29, 1.82) is 0 Å². The Kier molecular flexibility index (Phi) is 4.60. The van der Waals surface area contributed by atoms with Gasteiger partial charge in [0, 0.05) is 13.6 Å². The Morgan fingerprint density at radius 3 is 2.75 bits per heavy atom. The van der Waals surface area contributed by atoms with Crippen LogP contribution in [0.1, 0.15) is 6.42 Å². The van der Waals surface area contributed by atoms with Gasteiger partial charge in [-0.25, -0.2) is 0 Å². The van der Waals surface area contributed by atoms with Gasteiger partial charge < -0.3 is 14.9 Å². The highest BCUT2D eigenvalue weighted by molar-refractivity contribution is 8.00. The van der Waals surface area contributed by atoms with Gasteiger partial charge in [-0.1, -0.05) is 0 Å². The molecule has 6 nitrogen and oxygen atoms in total. The van der Waals surface area contributed by atoms with Crippen LogP contribution in [0.4, 0.5) is 0 Å². The highest BCUT2D eigenvalue weighted by Crippen LogP contribution is 2.14. The first kappa shape index (κ1) is 12.8. The fourth-order valence-corrected chi connectivity index (χ4v) is 2.12. The van der Waals surface area contributed by atoms with Crippen molar-refractivity contribution < 1.29 is 19.5 Å². The van der Waals surface area contributed by atoms with Crippen LogP contribution >= 0.6 is 11.8 Å². The van der Waals surface area contributed by atoms with Crippen molar-refractivity contribution in [2.75, 3.05) is 31.8 Å². The van der Waals surface area contributed by atoms with Crippen LogP contribution in [0, 0.1) is 0 Å². The zero-order chi connectivity index (χ0) is 12.1. The van der Waals surface area contributed by atoms with E-state index < -0.39 is 5.97 Å². The molecule has 16 heavy (non-hydrogen) atoms. The van der Waals surface area contributed by atoms with Crippen molar-refractivity contribution in [3.8, 4) is 0 Å². The molecule has 1 heterocycles. The maximum absolute atomic E-state index is 11.6. The summed E-state index contributed by atoms with van der Waals surface area (Å²) in [4.78, 5) is 36.0. The second-order valence-corrected chi connectivity index (χ2v) is 4.48. The van der Waals surface area contributed by atoms with Crippen LogP contribution in [0.5, 0.6) is 0 Å². The molecule has 7 heteroatoms. The van der Waals surface area contributed by atoms with E-state index in [0.717, 1.165) is 0 Å². The SMILES string of the molecule is CN(CCC(=O)O)C(=O)CN1CSCC1=O.